The summed E-state index contributed by atoms with van der Waals surface area (Å²) in [5.41, 5.74) is 4.96. The standard InChI is InChI=1S/C21H20O2/c1-14-17(10-6-12-19(14)22)21(16-8-4-3-5-9-16)18-11-7-13-20(23)15(18)2/h3-13,21-23H,1-2H3. The van der Waals surface area contributed by atoms with Crippen molar-refractivity contribution in [1.29, 1.82) is 0 Å². The van der Waals surface area contributed by atoms with Crippen molar-refractivity contribution in [2.75, 3.05) is 0 Å². The van der Waals surface area contributed by atoms with Gasteiger partial charge in [-0.15, -0.1) is 0 Å². The molecule has 3 rings (SSSR count). The average molecular weight is 304 g/mol. The molecule has 0 amide bonds. The molecule has 0 heterocycles. The van der Waals surface area contributed by atoms with E-state index in [2.05, 4.69) is 12.1 Å². The van der Waals surface area contributed by atoms with E-state index in [1.54, 1.807) is 12.1 Å². The molecular weight excluding hydrogens is 284 g/mol. The number of rotatable bonds is 3. The smallest absolute Gasteiger partial charge is 0.118 e. The zero-order valence-electron chi connectivity index (χ0n) is 13.3. The van der Waals surface area contributed by atoms with Crippen LogP contribution in [0.1, 0.15) is 33.7 Å². The van der Waals surface area contributed by atoms with Gasteiger partial charge in [-0.05, 0) is 53.8 Å². The largest absolute Gasteiger partial charge is 0.508 e. The molecule has 0 aliphatic carbocycles. The van der Waals surface area contributed by atoms with Crippen LogP contribution in [0.25, 0.3) is 0 Å². The fourth-order valence-electron chi connectivity index (χ4n) is 3.08. The molecule has 0 saturated carbocycles. The zero-order chi connectivity index (χ0) is 16.4. The molecule has 2 nitrogen and oxygen atoms in total. The van der Waals surface area contributed by atoms with Gasteiger partial charge in [0.25, 0.3) is 0 Å². The van der Waals surface area contributed by atoms with E-state index >= 15 is 0 Å². The second-order valence-corrected chi connectivity index (χ2v) is 5.83. The first kappa shape index (κ1) is 15.2. The van der Waals surface area contributed by atoms with Gasteiger partial charge in [0.15, 0.2) is 0 Å². The van der Waals surface area contributed by atoms with Crippen molar-refractivity contribution in [1.82, 2.24) is 0 Å². The lowest BCUT2D eigenvalue weighted by Crippen LogP contribution is -2.07. The van der Waals surface area contributed by atoms with Crippen LogP contribution in [0, 0.1) is 13.8 Å². The number of hydrogen-bond acceptors (Lipinski definition) is 2. The maximum Gasteiger partial charge on any atom is 0.118 e. The quantitative estimate of drug-likeness (QED) is 0.676. The van der Waals surface area contributed by atoms with Gasteiger partial charge in [-0.25, -0.2) is 0 Å². The van der Waals surface area contributed by atoms with Crippen LogP contribution in [0.2, 0.25) is 0 Å². The lowest BCUT2D eigenvalue weighted by Gasteiger charge is -2.23. The van der Waals surface area contributed by atoms with Crippen LogP contribution in [-0.4, -0.2) is 10.2 Å². The van der Waals surface area contributed by atoms with Crippen LogP contribution in [0.15, 0.2) is 66.7 Å². The second-order valence-electron chi connectivity index (χ2n) is 5.83. The lowest BCUT2D eigenvalue weighted by atomic mass is 9.81. The van der Waals surface area contributed by atoms with E-state index in [-0.39, 0.29) is 5.92 Å². The fourth-order valence-corrected chi connectivity index (χ4v) is 3.08. The van der Waals surface area contributed by atoms with Crippen LogP contribution < -0.4 is 0 Å². The minimum atomic E-state index is -0.0320. The van der Waals surface area contributed by atoms with Crippen LogP contribution in [0.5, 0.6) is 11.5 Å². The number of phenolic OH excluding ortho intramolecular Hbond substituents is 2. The Balaban J connectivity index is 2.27. The molecule has 0 bridgehead atoms. The monoisotopic (exact) mass is 304 g/mol. The third kappa shape index (κ3) is 2.80. The second kappa shape index (κ2) is 6.17. The first-order valence-corrected chi connectivity index (χ1v) is 7.71. The summed E-state index contributed by atoms with van der Waals surface area (Å²) in [5.74, 6) is 0.554. The maximum absolute atomic E-state index is 10.1. The summed E-state index contributed by atoms with van der Waals surface area (Å²) < 4.78 is 0. The molecule has 0 atom stereocenters. The molecule has 0 fully saturated rings. The van der Waals surface area contributed by atoms with Crippen molar-refractivity contribution in [3.05, 3.63) is 94.5 Å². The molecule has 0 spiro atoms. The Morgan fingerprint density at radius 2 is 1.09 bits per heavy atom. The normalized spacial score (nSPS) is 10.9. The van der Waals surface area contributed by atoms with Gasteiger partial charge < -0.3 is 10.2 Å². The highest BCUT2D eigenvalue weighted by Gasteiger charge is 2.22. The molecule has 0 aromatic heterocycles. The van der Waals surface area contributed by atoms with Gasteiger partial charge in [-0.1, -0.05) is 54.6 Å². The molecule has 2 N–H and O–H groups in total. The summed E-state index contributed by atoms with van der Waals surface area (Å²) >= 11 is 0. The van der Waals surface area contributed by atoms with E-state index in [0.717, 1.165) is 27.8 Å². The summed E-state index contributed by atoms with van der Waals surface area (Å²) in [6.45, 7) is 3.86. The van der Waals surface area contributed by atoms with Crippen molar-refractivity contribution in [2.45, 2.75) is 19.8 Å². The minimum absolute atomic E-state index is 0.0320. The first-order chi connectivity index (χ1) is 11.1. The Morgan fingerprint density at radius 3 is 1.57 bits per heavy atom. The molecule has 0 aliphatic rings. The summed E-state index contributed by atoms with van der Waals surface area (Å²) in [4.78, 5) is 0. The fraction of sp³-hybridized carbons (Fsp3) is 0.143. The average Bonchev–Trinajstić information content (AvgIpc) is 2.56. The van der Waals surface area contributed by atoms with Crippen LogP contribution in [-0.2, 0) is 0 Å². The Kier molecular flexibility index (Phi) is 4.07. The highest BCUT2D eigenvalue weighted by Crippen LogP contribution is 2.39. The summed E-state index contributed by atoms with van der Waals surface area (Å²) in [6.07, 6.45) is 0. The van der Waals surface area contributed by atoms with Crippen molar-refractivity contribution in [3.8, 4) is 11.5 Å². The van der Waals surface area contributed by atoms with Gasteiger partial charge in [0, 0.05) is 5.92 Å². The maximum atomic E-state index is 10.1. The van der Waals surface area contributed by atoms with Crippen molar-refractivity contribution in [3.63, 3.8) is 0 Å². The summed E-state index contributed by atoms with van der Waals surface area (Å²) in [6, 6.07) is 21.4. The van der Waals surface area contributed by atoms with Gasteiger partial charge in [0.1, 0.15) is 11.5 Å². The number of hydrogen-bond donors (Lipinski definition) is 2. The highest BCUT2D eigenvalue weighted by molar-refractivity contribution is 5.53. The van der Waals surface area contributed by atoms with Gasteiger partial charge >= 0.3 is 0 Å². The molecule has 3 aromatic rings. The molecule has 116 valence electrons. The van der Waals surface area contributed by atoms with Crippen LogP contribution in [0.3, 0.4) is 0 Å². The molecular formula is C21H20O2. The third-order valence-corrected chi connectivity index (χ3v) is 4.45. The Bertz CT molecular complexity index is 771. The van der Waals surface area contributed by atoms with Gasteiger partial charge in [-0.3, -0.25) is 0 Å². The van der Waals surface area contributed by atoms with Crippen molar-refractivity contribution < 1.29 is 10.2 Å². The van der Waals surface area contributed by atoms with E-state index < -0.39 is 0 Å². The van der Waals surface area contributed by atoms with E-state index in [4.69, 9.17) is 0 Å². The molecule has 0 aliphatic heterocycles. The molecule has 0 saturated heterocycles. The van der Waals surface area contributed by atoms with E-state index in [1.807, 2.05) is 56.3 Å². The Hall–Kier alpha value is -2.74. The molecule has 23 heavy (non-hydrogen) atoms. The molecule has 2 heteroatoms. The van der Waals surface area contributed by atoms with Crippen LogP contribution in [0.4, 0.5) is 0 Å². The van der Waals surface area contributed by atoms with Crippen LogP contribution >= 0.6 is 0 Å². The molecule has 3 aromatic carbocycles. The molecule has 0 radical (unpaired) electrons. The van der Waals surface area contributed by atoms with E-state index in [9.17, 15) is 10.2 Å². The predicted molar refractivity (Wildman–Crippen MR) is 93.1 cm³/mol. The number of phenols is 2. The number of benzene rings is 3. The van der Waals surface area contributed by atoms with E-state index in [1.165, 1.54) is 0 Å². The summed E-state index contributed by atoms with van der Waals surface area (Å²) in [7, 11) is 0. The van der Waals surface area contributed by atoms with Gasteiger partial charge in [0.2, 0.25) is 0 Å². The Morgan fingerprint density at radius 1 is 0.609 bits per heavy atom. The van der Waals surface area contributed by atoms with Gasteiger partial charge in [-0.2, -0.15) is 0 Å². The molecule has 0 unspecified atom stereocenters. The third-order valence-electron chi connectivity index (χ3n) is 4.45. The topological polar surface area (TPSA) is 40.5 Å². The SMILES string of the molecule is Cc1c(O)cccc1C(c1ccccc1)c1cccc(O)c1C. The predicted octanol–water partition coefficient (Wildman–Crippen LogP) is 4.89. The van der Waals surface area contributed by atoms with E-state index in [0.29, 0.717) is 11.5 Å². The first-order valence-electron chi connectivity index (χ1n) is 7.71. The number of aromatic hydroxyl groups is 2. The van der Waals surface area contributed by atoms with Gasteiger partial charge in [0.05, 0.1) is 0 Å². The lowest BCUT2D eigenvalue weighted by molar-refractivity contribution is 0.469. The summed E-state index contributed by atoms with van der Waals surface area (Å²) in [5, 5.41) is 20.2. The zero-order valence-corrected chi connectivity index (χ0v) is 13.3. The minimum Gasteiger partial charge on any atom is -0.508 e. The van der Waals surface area contributed by atoms with Crippen molar-refractivity contribution in [2.24, 2.45) is 0 Å². The highest BCUT2D eigenvalue weighted by atomic mass is 16.3. The Labute approximate surface area is 136 Å². The van der Waals surface area contributed by atoms with Crippen molar-refractivity contribution >= 4 is 0 Å².